The maximum Gasteiger partial charge on any atom is 0.162 e. The second-order valence-electron chi connectivity index (χ2n) is 4.75. The molecule has 1 fully saturated rings. The fourth-order valence-corrected chi connectivity index (χ4v) is 2.67. The molecule has 1 saturated carbocycles. The number of nitrogens with one attached hydrogen (secondary N) is 1. The molecule has 0 aliphatic heterocycles. The van der Waals surface area contributed by atoms with Gasteiger partial charge in [0.15, 0.2) is 5.82 Å². The molecule has 0 radical (unpaired) electrons. The Morgan fingerprint density at radius 1 is 1.33 bits per heavy atom. The highest BCUT2D eigenvalue weighted by atomic mass is 16.5. The normalized spacial score (nSPS) is 19.2. The molecule has 0 aromatic carbocycles. The molecule has 2 rings (SSSR count). The highest BCUT2D eigenvalue weighted by Crippen LogP contribution is 2.37. The molecule has 1 aliphatic carbocycles. The molecular weight excluding hydrogens is 228 g/mol. The minimum Gasteiger partial charge on any atom is -0.367 e. The lowest BCUT2D eigenvalue weighted by molar-refractivity contribution is -0.0623. The number of aromatic nitrogens is 2. The lowest BCUT2D eigenvalue weighted by Gasteiger charge is -2.31. The lowest BCUT2D eigenvalue weighted by atomic mass is 9.93. The molecular formula is C13H22N4O. The fourth-order valence-electron chi connectivity index (χ4n) is 2.67. The highest BCUT2D eigenvalue weighted by molar-refractivity contribution is 5.31. The molecule has 18 heavy (non-hydrogen) atoms. The Bertz CT molecular complexity index is 375. The van der Waals surface area contributed by atoms with Crippen molar-refractivity contribution in [3.8, 4) is 0 Å². The maximum atomic E-state index is 6.04. The second-order valence-corrected chi connectivity index (χ2v) is 4.75. The Hall–Kier alpha value is -1.20. The van der Waals surface area contributed by atoms with Crippen LogP contribution in [-0.4, -0.2) is 16.6 Å². The van der Waals surface area contributed by atoms with Gasteiger partial charge in [0.1, 0.15) is 11.4 Å². The van der Waals surface area contributed by atoms with Crippen LogP contribution < -0.4 is 11.3 Å². The summed E-state index contributed by atoms with van der Waals surface area (Å²) in [4.78, 5) is 8.89. The van der Waals surface area contributed by atoms with Crippen molar-refractivity contribution in [1.29, 1.82) is 0 Å². The minimum absolute atomic E-state index is 0.321. The van der Waals surface area contributed by atoms with E-state index in [2.05, 4.69) is 15.4 Å². The van der Waals surface area contributed by atoms with Crippen LogP contribution >= 0.6 is 0 Å². The van der Waals surface area contributed by atoms with Gasteiger partial charge in [0.05, 0.1) is 0 Å². The van der Waals surface area contributed by atoms with Gasteiger partial charge in [-0.25, -0.2) is 15.8 Å². The van der Waals surface area contributed by atoms with Crippen molar-refractivity contribution >= 4 is 5.82 Å². The summed E-state index contributed by atoms with van der Waals surface area (Å²) in [6.07, 6.45) is 8.60. The van der Waals surface area contributed by atoms with E-state index >= 15 is 0 Å². The third kappa shape index (κ3) is 2.79. The Morgan fingerprint density at radius 3 is 2.67 bits per heavy atom. The predicted molar refractivity (Wildman–Crippen MR) is 70.8 cm³/mol. The number of rotatable bonds is 4. The summed E-state index contributed by atoms with van der Waals surface area (Å²) in [6.45, 7) is 2.71. The van der Waals surface area contributed by atoms with Crippen LogP contribution in [0.5, 0.6) is 0 Å². The highest BCUT2D eigenvalue weighted by Gasteiger charge is 2.36. The Kier molecular flexibility index (Phi) is 4.49. The van der Waals surface area contributed by atoms with Crippen LogP contribution in [0.2, 0.25) is 0 Å². The average molecular weight is 250 g/mol. The van der Waals surface area contributed by atoms with Crippen molar-refractivity contribution in [3.05, 3.63) is 18.1 Å². The Morgan fingerprint density at radius 2 is 2.06 bits per heavy atom. The molecule has 5 nitrogen and oxygen atoms in total. The second kappa shape index (κ2) is 6.11. The van der Waals surface area contributed by atoms with Crippen molar-refractivity contribution in [2.75, 3.05) is 12.0 Å². The molecule has 0 bridgehead atoms. The zero-order valence-corrected chi connectivity index (χ0v) is 11.0. The fraction of sp³-hybridized carbons (Fsp3) is 0.692. The molecule has 5 heteroatoms. The first kappa shape index (κ1) is 13.2. The van der Waals surface area contributed by atoms with Crippen LogP contribution in [0.15, 0.2) is 12.3 Å². The average Bonchev–Trinajstić information content (AvgIpc) is 2.66. The summed E-state index contributed by atoms with van der Waals surface area (Å²) in [7, 11) is 0. The van der Waals surface area contributed by atoms with Gasteiger partial charge in [-0.3, -0.25) is 0 Å². The van der Waals surface area contributed by atoms with Gasteiger partial charge in [0.2, 0.25) is 0 Å². The molecule has 1 aliphatic rings. The summed E-state index contributed by atoms with van der Waals surface area (Å²) in [5.41, 5.74) is 2.25. The predicted octanol–water partition coefficient (Wildman–Crippen LogP) is 2.35. The zero-order chi connectivity index (χ0) is 12.8. The smallest absolute Gasteiger partial charge is 0.162 e. The summed E-state index contributed by atoms with van der Waals surface area (Å²) in [6, 6.07) is 1.76. The summed E-state index contributed by atoms with van der Waals surface area (Å²) >= 11 is 0. The number of anilines is 1. The molecule has 0 atom stereocenters. The van der Waals surface area contributed by atoms with Gasteiger partial charge in [0.25, 0.3) is 0 Å². The van der Waals surface area contributed by atoms with Crippen molar-refractivity contribution in [3.63, 3.8) is 0 Å². The van der Waals surface area contributed by atoms with E-state index in [1.54, 1.807) is 12.3 Å². The van der Waals surface area contributed by atoms with E-state index in [1.165, 1.54) is 25.7 Å². The van der Waals surface area contributed by atoms with Crippen LogP contribution in [-0.2, 0) is 10.3 Å². The van der Waals surface area contributed by atoms with E-state index in [0.29, 0.717) is 12.4 Å². The molecule has 0 amide bonds. The van der Waals surface area contributed by atoms with Crippen molar-refractivity contribution in [2.24, 2.45) is 5.84 Å². The number of ether oxygens (including phenoxy) is 1. The molecule has 0 spiro atoms. The van der Waals surface area contributed by atoms with E-state index in [1.807, 2.05) is 6.92 Å². The first-order valence-corrected chi connectivity index (χ1v) is 6.75. The monoisotopic (exact) mass is 250 g/mol. The standard InChI is InChI=1S/C13H22N4O/c1-2-18-13(8-5-3-4-6-9-13)12-15-10-7-11(16-12)17-14/h7,10H,2-6,8-9,14H2,1H3,(H,15,16,17). The van der Waals surface area contributed by atoms with E-state index < -0.39 is 0 Å². The van der Waals surface area contributed by atoms with Gasteiger partial charge in [0, 0.05) is 18.9 Å². The van der Waals surface area contributed by atoms with Gasteiger partial charge < -0.3 is 10.2 Å². The van der Waals surface area contributed by atoms with Crippen molar-refractivity contribution < 1.29 is 4.74 Å². The number of nitrogens with zero attached hydrogens (tertiary/aromatic N) is 2. The first-order chi connectivity index (χ1) is 8.80. The van der Waals surface area contributed by atoms with Crippen LogP contribution in [0.25, 0.3) is 0 Å². The molecule has 1 aromatic heterocycles. The SMILES string of the molecule is CCOC1(c2nccc(NN)n2)CCCCCC1. The van der Waals surface area contributed by atoms with Crippen molar-refractivity contribution in [1.82, 2.24) is 9.97 Å². The van der Waals surface area contributed by atoms with Crippen LogP contribution in [0.1, 0.15) is 51.3 Å². The van der Waals surface area contributed by atoms with Crippen LogP contribution in [0.3, 0.4) is 0 Å². The minimum atomic E-state index is -0.321. The van der Waals surface area contributed by atoms with E-state index in [4.69, 9.17) is 10.6 Å². The number of hydrogen-bond acceptors (Lipinski definition) is 5. The topological polar surface area (TPSA) is 73.1 Å². The zero-order valence-electron chi connectivity index (χ0n) is 11.0. The lowest BCUT2D eigenvalue weighted by Crippen LogP contribution is -2.32. The summed E-state index contributed by atoms with van der Waals surface area (Å²) in [5.74, 6) is 6.82. The Labute approximate surface area is 108 Å². The molecule has 3 N–H and O–H groups in total. The van der Waals surface area contributed by atoms with Crippen LogP contribution in [0.4, 0.5) is 5.82 Å². The molecule has 100 valence electrons. The van der Waals surface area contributed by atoms with Crippen LogP contribution in [0, 0.1) is 0 Å². The van der Waals surface area contributed by atoms with E-state index in [9.17, 15) is 0 Å². The Balaban J connectivity index is 2.31. The van der Waals surface area contributed by atoms with Crippen molar-refractivity contribution in [2.45, 2.75) is 51.0 Å². The third-order valence-electron chi connectivity index (χ3n) is 3.54. The quantitative estimate of drug-likeness (QED) is 0.487. The molecule has 0 unspecified atom stereocenters. The number of hydrazine groups is 1. The van der Waals surface area contributed by atoms with E-state index in [-0.39, 0.29) is 5.60 Å². The van der Waals surface area contributed by atoms with Gasteiger partial charge in [-0.2, -0.15) is 0 Å². The first-order valence-electron chi connectivity index (χ1n) is 6.75. The number of hydrogen-bond donors (Lipinski definition) is 2. The molecule has 0 saturated heterocycles. The number of nitrogens with two attached hydrogens (primary N) is 1. The largest absolute Gasteiger partial charge is 0.367 e. The maximum absolute atomic E-state index is 6.04. The summed E-state index contributed by atoms with van der Waals surface area (Å²) in [5, 5.41) is 0. The third-order valence-corrected chi connectivity index (χ3v) is 3.54. The van der Waals surface area contributed by atoms with Gasteiger partial charge in [-0.05, 0) is 19.8 Å². The van der Waals surface area contributed by atoms with Gasteiger partial charge >= 0.3 is 0 Å². The molecule has 1 aromatic rings. The van der Waals surface area contributed by atoms with Gasteiger partial charge in [-0.1, -0.05) is 25.7 Å². The van der Waals surface area contributed by atoms with Gasteiger partial charge in [-0.15, -0.1) is 0 Å². The van der Waals surface area contributed by atoms with E-state index in [0.717, 1.165) is 18.7 Å². The number of nitrogen functional groups attached to an aromatic ring is 1. The molecule has 1 heterocycles. The summed E-state index contributed by atoms with van der Waals surface area (Å²) < 4.78 is 6.04.